The lowest BCUT2D eigenvalue weighted by atomic mass is 9.89. The summed E-state index contributed by atoms with van der Waals surface area (Å²) in [5.74, 6) is -0.425. The smallest absolute Gasteiger partial charge is 0.335 e. The van der Waals surface area contributed by atoms with E-state index in [-0.39, 0.29) is 23.6 Å². The number of carbonyl (C=O) groups is 2. The maximum absolute atomic E-state index is 12.3. The number of carboxylic acid groups (broad SMARTS) is 1. The number of hydrogen-bond donors (Lipinski definition) is 2. The topological polar surface area (TPSA) is 75.6 Å². The number of aryl methyl sites for hydroxylation is 1. The molecular formula is C20H29NO4. The first-order chi connectivity index (χ1) is 12.0. The van der Waals surface area contributed by atoms with Crippen LogP contribution in [0.3, 0.4) is 0 Å². The summed E-state index contributed by atoms with van der Waals surface area (Å²) in [4.78, 5) is 23.5. The first kappa shape index (κ1) is 19.4. The lowest BCUT2D eigenvalue weighted by molar-refractivity contribution is -0.123. The van der Waals surface area contributed by atoms with E-state index in [1.165, 1.54) is 0 Å². The minimum atomic E-state index is -0.951. The Bertz CT molecular complexity index is 583. The molecule has 5 nitrogen and oxygen atoms in total. The van der Waals surface area contributed by atoms with E-state index < -0.39 is 5.97 Å². The van der Waals surface area contributed by atoms with Crippen molar-refractivity contribution in [2.75, 3.05) is 6.61 Å². The largest absolute Gasteiger partial charge is 0.478 e. The van der Waals surface area contributed by atoms with Crippen LogP contribution in [0.1, 0.15) is 61.9 Å². The number of ether oxygens (including phenoxy) is 1. The molecule has 2 atom stereocenters. The fraction of sp³-hybridized carbons (Fsp3) is 0.600. The predicted molar refractivity (Wildman–Crippen MR) is 96.7 cm³/mol. The van der Waals surface area contributed by atoms with E-state index in [4.69, 9.17) is 4.74 Å². The molecule has 5 heteroatoms. The number of carbonyl (C=O) groups excluding carboxylic acids is 1. The van der Waals surface area contributed by atoms with Gasteiger partial charge in [-0.3, -0.25) is 4.79 Å². The molecule has 1 aromatic carbocycles. The lowest BCUT2D eigenvalue weighted by Gasteiger charge is -2.34. The number of rotatable bonds is 8. The molecule has 1 saturated heterocycles. The molecule has 0 aromatic heterocycles. The normalized spacial score (nSPS) is 20.4. The highest BCUT2D eigenvalue weighted by Crippen LogP contribution is 2.25. The summed E-state index contributed by atoms with van der Waals surface area (Å²) in [5.41, 5.74) is 0.974. The Hall–Kier alpha value is -1.88. The first-order valence-corrected chi connectivity index (χ1v) is 9.27. The summed E-state index contributed by atoms with van der Waals surface area (Å²) >= 11 is 0. The van der Waals surface area contributed by atoms with Crippen molar-refractivity contribution in [3.63, 3.8) is 0 Å². The van der Waals surface area contributed by atoms with Crippen LogP contribution in [0.4, 0.5) is 0 Å². The van der Waals surface area contributed by atoms with Crippen LogP contribution in [-0.2, 0) is 16.0 Å². The zero-order chi connectivity index (χ0) is 18.2. The number of hydrogen-bond acceptors (Lipinski definition) is 3. The van der Waals surface area contributed by atoms with Crippen LogP contribution in [0.15, 0.2) is 24.3 Å². The maximum Gasteiger partial charge on any atom is 0.335 e. The van der Waals surface area contributed by atoms with Gasteiger partial charge in [-0.1, -0.05) is 44.9 Å². The minimum Gasteiger partial charge on any atom is -0.478 e. The summed E-state index contributed by atoms with van der Waals surface area (Å²) < 4.78 is 5.89. The summed E-state index contributed by atoms with van der Waals surface area (Å²) in [6.45, 7) is 5.05. The van der Waals surface area contributed by atoms with Gasteiger partial charge in [-0.05, 0) is 36.8 Å². The summed E-state index contributed by atoms with van der Waals surface area (Å²) in [7, 11) is 0. The van der Waals surface area contributed by atoms with Crippen molar-refractivity contribution in [2.24, 2.45) is 5.92 Å². The zero-order valence-electron chi connectivity index (χ0n) is 15.2. The van der Waals surface area contributed by atoms with Crippen LogP contribution in [0.25, 0.3) is 0 Å². The lowest BCUT2D eigenvalue weighted by Crippen LogP contribution is -2.44. The second-order valence-corrected chi connectivity index (χ2v) is 6.74. The quantitative estimate of drug-likeness (QED) is 0.755. The Morgan fingerprint density at radius 2 is 2.00 bits per heavy atom. The van der Waals surface area contributed by atoms with Gasteiger partial charge in [0.05, 0.1) is 11.7 Å². The van der Waals surface area contributed by atoms with Gasteiger partial charge in [0.1, 0.15) is 0 Å². The van der Waals surface area contributed by atoms with Gasteiger partial charge in [-0.15, -0.1) is 0 Å². The predicted octanol–water partition coefficient (Wildman–Crippen LogP) is 3.42. The number of carboxylic acids is 1. The number of amides is 1. The van der Waals surface area contributed by atoms with E-state index in [1.54, 1.807) is 24.3 Å². The third-order valence-corrected chi connectivity index (χ3v) is 5.12. The van der Waals surface area contributed by atoms with Gasteiger partial charge in [0.15, 0.2) is 0 Å². The molecule has 0 saturated carbocycles. The van der Waals surface area contributed by atoms with E-state index in [9.17, 15) is 14.7 Å². The Morgan fingerprint density at radius 1 is 1.28 bits per heavy atom. The highest BCUT2D eigenvalue weighted by molar-refractivity contribution is 5.89. The van der Waals surface area contributed by atoms with E-state index in [0.717, 1.165) is 25.7 Å². The standard InChI is InChI=1S/C20H29NO4/c1-3-14(4-2)18-13-16(11-12-25-18)21-19(22)10-9-15-7-5-6-8-17(15)20(23)24/h5-8,14,16,18H,3-4,9-13H2,1-2H3,(H,21,22)(H,23,24). The minimum absolute atomic E-state index is 0.0182. The van der Waals surface area contributed by atoms with Crippen LogP contribution in [-0.4, -0.2) is 35.7 Å². The Balaban J connectivity index is 1.85. The highest BCUT2D eigenvalue weighted by Gasteiger charge is 2.28. The molecule has 0 bridgehead atoms. The molecule has 2 unspecified atom stereocenters. The molecule has 1 aliphatic rings. The SMILES string of the molecule is CCC(CC)C1CC(NC(=O)CCc2ccccc2C(=O)O)CCO1. The maximum atomic E-state index is 12.3. The van der Waals surface area contributed by atoms with Crippen molar-refractivity contribution in [1.29, 1.82) is 0 Å². The average Bonchev–Trinajstić information content (AvgIpc) is 2.61. The molecule has 2 rings (SSSR count). The molecular weight excluding hydrogens is 318 g/mol. The Labute approximate surface area is 149 Å². The number of nitrogens with one attached hydrogen (secondary N) is 1. The fourth-order valence-electron chi connectivity index (χ4n) is 3.60. The van der Waals surface area contributed by atoms with Gasteiger partial charge >= 0.3 is 5.97 Å². The molecule has 1 fully saturated rings. The van der Waals surface area contributed by atoms with Crippen molar-refractivity contribution >= 4 is 11.9 Å². The highest BCUT2D eigenvalue weighted by atomic mass is 16.5. The van der Waals surface area contributed by atoms with Crippen molar-refractivity contribution in [1.82, 2.24) is 5.32 Å². The van der Waals surface area contributed by atoms with Crippen molar-refractivity contribution < 1.29 is 19.4 Å². The molecule has 0 radical (unpaired) electrons. The second-order valence-electron chi connectivity index (χ2n) is 6.74. The van der Waals surface area contributed by atoms with E-state index in [1.807, 2.05) is 0 Å². The van der Waals surface area contributed by atoms with Crippen LogP contribution in [0.2, 0.25) is 0 Å². The third-order valence-electron chi connectivity index (χ3n) is 5.12. The molecule has 1 aliphatic heterocycles. The monoisotopic (exact) mass is 347 g/mol. The van der Waals surface area contributed by atoms with Gasteiger partial charge < -0.3 is 15.2 Å². The third kappa shape index (κ3) is 5.56. The summed E-state index contributed by atoms with van der Waals surface area (Å²) in [6, 6.07) is 7.01. The number of benzene rings is 1. The van der Waals surface area contributed by atoms with E-state index in [2.05, 4.69) is 19.2 Å². The van der Waals surface area contributed by atoms with Crippen molar-refractivity contribution in [3.05, 3.63) is 35.4 Å². The molecule has 1 aromatic rings. The average molecular weight is 347 g/mol. The van der Waals surface area contributed by atoms with Crippen LogP contribution in [0.5, 0.6) is 0 Å². The van der Waals surface area contributed by atoms with Crippen molar-refractivity contribution in [3.8, 4) is 0 Å². The van der Waals surface area contributed by atoms with E-state index in [0.29, 0.717) is 30.9 Å². The first-order valence-electron chi connectivity index (χ1n) is 9.27. The fourth-order valence-corrected chi connectivity index (χ4v) is 3.60. The molecule has 25 heavy (non-hydrogen) atoms. The Morgan fingerprint density at radius 3 is 2.68 bits per heavy atom. The molecule has 0 spiro atoms. The zero-order valence-corrected chi connectivity index (χ0v) is 15.2. The van der Waals surface area contributed by atoms with E-state index >= 15 is 0 Å². The van der Waals surface area contributed by atoms with Gasteiger partial charge in [-0.25, -0.2) is 4.79 Å². The van der Waals surface area contributed by atoms with Crippen molar-refractivity contribution in [2.45, 2.75) is 64.5 Å². The summed E-state index contributed by atoms with van der Waals surface area (Å²) in [6.07, 6.45) is 4.85. The van der Waals surface area contributed by atoms with Crippen LogP contribution >= 0.6 is 0 Å². The van der Waals surface area contributed by atoms with Crippen LogP contribution < -0.4 is 5.32 Å². The second kappa shape index (κ2) is 9.56. The van der Waals surface area contributed by atoms with Gasteiger partial charge in [-0.2, -0.15) is 0 Å². The molecule has 1 amide bonds. The Kier molecular flexibility index (Phi) is 7.44. The van der Waals surface area contributed by atoms with Gasteiger partial charge in [0, 0.05) is 19.1 Å². The molecule has 1 heterocycles. The molecule has 2 N–H and O–H groups in total. The molecule has 138 valence electrons. The molecule has 0 aliphatic carbocycles. The summed E-state index contributed by atoms with van der Waals surface area (Å²) in [5, 5.41) is 12.3. The van der Waals surface area contributed by atoms with Gasteiger partial charge in [0.2, 0.25) is 5.91 Å². The van der Waals surface area contributed by atoms with Gasteiger partial charge in [0.25, 0.3) is 0 Å². The number of aromatic carboxylic acids is 1. The van der Waals surface area contributed by atoms with Crippen LogP contribution in [0, 0.1) is 5.92 Å².